The summed E-state index contributed by atoms with van der Waals surface area (Å²) in [6, 6.07) is 20.3. The number of amides is 6. The van der Waals surface area contributed by atoms with Gasteiger partial charge in [0.1, 0.15) is 22.6 Å². The maximum atomic E-state index is 12.4. The van der Waals surface area contributed by atoms with E-state index >= 15 is 0 Å². The smallest absolute Gasteiger partial charge is 0.410 e. The molecule has 0 atom stereocenters. The minimum Gasteiger partial charge on any atom is -0.444 e. The predicted octanol–water partition coefficient (Wildman–Crippen LogP) is 5.06. The van der Waals surface area contributed by atoms with Crippen LogP contribution >= 0.6 is 0 Å². The lowest BCUT2D eigenvalue weighted by atomic mass is 9.95. The molecule has 20 heteroatoms. The number of nitrogens with one attached hydrogen (secondary N) is 5. The summed E-state index contributed by atoms with van der Waals surface area (Å²) in [6.07, 6.45) is 4.90. The van der Waals surface area contributed by atoms with Crippen molar-refractivity contribution in [3.8, 4) is 0 Å². The van der Waals surface area contributed by atoms with Gasteiger partial charge in [-0.05, 0) is 99.4 Å². The molecule has 6 amide bonds. The van der Waals surface area contributed by atoms with Crippen LogP contribution < -0.4 is 26.6 Å². The van der Waals surface area contributed by atoms with Gasteiger partial charge in [-0.2, -0.15) is 0 Å². The number of carbonyl (C=O) groups is 7. The Kier molecular flexibility index (Phi) is 19.4. The Bertz CT molecular complexity index is 2270. The fourth-order valence-electron chi connectivity index (χ4n) is 10.0. The second-order valence-electron chi connectivity index (χ2n) is 23.4. The summed E-state index contributed by atoms with van der Waals surface area (Å²) in [7, 11) is 0. The molecular weight excluding hydrogens is 961 g/mol. The number of hydrogen-bond acceptors (Lipinski definition) is 14. The first kappa shape index (κ1) is 58.4. The van der Waals surface area contributed by atoms with E-state index in [4.69, 9.17) is 14.2 Å². The topological polar surface area (TPSA) is 224 Å². The first-order chi connectivity index (χ1) is 35.3. The van der Waals surface area contributed by atoms with Gasteiger partial charge in [0.2, 0.25) is 17.7 Å². The van der Waals surface area contributed by atoms with Gasteiger partial charge < -0.3 is 49.3 Å². The Labute approximate surface area is 443 Å². The molecule has 2 aromatic carbocycles. The van der Waals surface area contributed by atoms with Crippen molar-refractivity contribution in [2.45, 2.75) is 161 Å². The molecule has 9 rings (SSSR count). The van der Waals surface area contributed by atoms with Gasteiger partial charge in [-0.3, -0.25) is 35.1 Å². The third-order valence-corrected chi connectivity index (χ3v) is 14.0. The molecule has 7 fully saturated rings. The largest absolute Gasteiger partial charge is 0.444 e. The van der Waals surface area contributed by atoms with Crippen LogP contribution in [-0.4, -0.2) is 172 Å². The minimum atomic E-state index is -0.493. The van der Waals surface area contributed by atoms with Gasteiger partial charge in [0.15, 0.2) is 0 Å². The molecule has 7 heterocycles. The van der Waals surface area contributed by atoms with E-state index in [0.717, 1.165) is 44.3 Å². The summed E-state index contributed by atoms with van der Waals surface area (Å²) in [5.41, 5.74) is 0.123. The second kappa shape index (κ2) is 24.9. The van der Waals surface area contributed by atoms with Crippen molar-refractivity contribution in [2.24, 2.45) is 0 Å². The standard InChI is InChI=1S/C19H27N3O3.C14H19N3O.C12H21N3O3.C10H17NO3/c1-18(2,3)25-17(24)21-11-9-19(10-12-21)20-13-16(23)22(19)14-15-7-5-4-6-8-15;18-13-10-16-14(6-8-15-9-7-14)17(13)11-12-4-2-1-3-5-12;1-11(2,3)18-10(17)15-6-4-12(5-7-15)13-8-9(16)14-12;1-10(2,3)14-9(13)11-6-4-8(12)5-7-11/h4-8,20H,9-14H2,1-3H3;1-5,15-16H,6-11H2;13H,4-8H2,1-3H3,(H,14,16);4-7H2,1-3H3. The number of Topliss-reactive ketones (excluding diaryl/α,β-unsaturated/α-hetero) is 1. The van der Waals surface area contributed by atoms with Crippen molar-refractivity contribution >= 4 is 41.8 Å². The third-order valence-electron chi connectivity index (χ3n) is 14.0. The number of ketones is 1. The molecule has 75 heavy (non-hydrogen) atoms. The van der Waals surface area contributed by atoms with Crippen LogP contribution in [0.15, 0.2) is 60.7 Å². The van der Waals surface area contributed by atoms with Crippen molar-refractivity contribution in [2.75, 3.05) is 72.0 Å². The molecule has 0 saturated carbocycles. The van der Waals surface area contributed by atoms with Crippen molar-refractivity contribution in [3.05, 3.63) is 71.8 Å². The van der Waals surface area contributed by atoms with Gasteiger partial charge in [-0.25, -0.2) is 14.4 Å². The van der Waals surface area contributed by atoms with Crippen LogP contribution in [0.4, 0.5) is 14.4 Å². The summed E-state index contributed by atoms with van der Waals surface area (Å²) >= 11 is 0. The highest BCUT2D eigenvalue weighted by molar-refractivity contribution is 5.83. The minimum absolute atomic E-state index is 0.0284. The van der Waals surface area contributed by atoms with Crippen LogP contribution in [0, 0.1) is 0 Å². The number of likely N-dealkylation sites (tertiary alicyclic amines) is 3. The van der Waals surface area contributed by atoms with Gasteiger partial charge >= 0.3 is 18.3 Å². The van der Waals surface area contributed by atoms with Crippen molar-refractivity contribution in [1.82, 2.24) is 51.1 Å². The Morgan fingerprint density at radius 3 is 1.24 bits per heavy atom. The first-order valence-electron chi connectivity index (χ1n) is 26.7. The maximum Gasteiger partial charge on any atom is 0.410 e. The quantitative estimate of drug-likeness (QED) is 0.253. The van der Waals surface area contributed by atoms with E-state index in [2.05, 4.69) is 38.7 Å². The number of hydrogen-bond donors (Lipinski definition) is 5. The van der Waals surface area contributed by atoms with Gasteiger partial charge in [-0.15, -0.1) is 0 Å². The molecule has 0 aliphatic carbocycles. The molecule has 7 saturated heterocycles. The SMILES string of the molecule is CC(C)(C)OC(=O)N1CCC(=O)CC1.CC(C)(C)OC(=O)N1CCC2(CC1)NCC(=O)N2.CC(C)(C)OC(=O)N1CCC2(CC1)NCC(=O)N2Cc1ccccc1.O=C1CNC2(CCNCC2)N1Cc1ccccc1. The average molecular weight is 1050 g/mol. The molecule has 5 N–H and O–H groups in total. The fourth-order valence-corrected chi connectivity index (χ4v) is 10.0. The second-order valence-corrected chi connectivity index (χ2v) is 23.4. The van der Waals surface area contributed by atoms with E-state index in [1.54, 1.807) is 14.7 Å². The molecule has 0 aromatic heterocycles. The van der Waals surface area contributed by atoms with Gasteiger partial charge in [0.25, 0.3) is 0 Å². The van der Waals surface area contributed by atoms with Crippen LogP contribution in [0.25, 0.3) is 0 Å². The predicted molar refractivity (Wildman–Crippen MR) is 283 cm³/mol. The first-order valence-corrected chi connectivity index (χ1v) is 26.7. The third kappa shape index (κ3) is 17.1. The molecule has 414 valence electrons. The molecule has 0 bridgehead atoms. The van der Waals surface area contributed by atoms with Crippen LogP contribution in [-0.2, 0) is 46.5 Å². The number of nitrogens with zero attached hydrogens (tertiary/aromatic N) is 5. The van der Waals surface area contributed by atoms with Gasteiger partial charge in [-0.1, -0.05) is 60.7 Å². The molecule has 7 aliphatic heterocycles. The summed E-state index contributed by atoms with van der Waals surface area (Å²) in [5.74, 6) is 0.598. The Morgan fingerprint density at radius 2 is 0.867 bits per heavy atom. The number of carbonyl (C=O) groups excluding carboxylic acids is 7. The van der Waals surface area contributed by atoms with Crippen LogP contribution in [0.5, 0.6) is 0 Å². The maximum absolute atomic E-state index is 12.4. The Hall–Kier alpha value is -5.83. The fraction of sp³-hybridized carbons (Fsp3) is 0.655. The molecule has 3 spiro atoms. The van der Waals surface area contributed by atoms with Crippen molar-refractivity contribution in [3.63, 3.8) is 0 Å². The summed E-state index contributed by atoms with van der Waals surface area (Å²) in [4.78, 5) is 91.3. The molecule has 0 radical (unpaired) electrons. The molecular formula is C55H84N10O10. The van der Waals surface area contributed by atoms with Gasteiger partial charge in [0.05, 0.1) is 36.6 Å². The van der Waals surface area contributed by atoms with E-state index in [9.17, 15) is 33.6 Å². The summed E-state index contributed by atoms with van der Waals surface area (Å²) in [6.45, 7) is 24.5. The Balaban J connectivity index is 0.000000166. The molecule has 0 unspecified atom stereocenters. The number of benzene rings is 2. The molecule has 20 nitrogen and oxygen atoms in total. The zero-order valence-electron chi connectivity index (χ0n) is 45.9. The lowest BCUT2D eigenvalue weighted by Crippen LogP contribution is -2.59. The highest BCUT2D eigenvalue weighted by Crippen LogP contribution is 2.33. The normalized spacial score (nSPS) is 21.1. The van der Waals surface area contributed by atoms with Crippen molar-refractivity contribution < 1.29 is 47.8 Å². The zero-order chi connectivity index (χ0) is 54.7. The monoisotopic (exact) mass is 1040 g/mol. The van der Waals surface area contributed by atoms with Crippen LogP contribution in [0.3, 0.4) is 0 Å². The number of ether oxygens (including phenoxy) is 3. The van der Waals surface area contributed by atoms with E-state index in [-0.39, 0.29) is 58.8 Å². The van der Waals surface area contributed by atoms with E-state index in [1.165, 1.54) is 5.56 Å². The van der Waals surface area contributed by atoms with Crippen molar-refractivity contribution in [1.29, 1.82) is 0 Å². The highest BCUT2D eigenvalue weighted by atomic mass is 16.6. The summed E-state index contributed by atoms with van der Waals surface area (Å²) in [5, 5.41) is 16.3. The van der Waals surface area contributed by atoms with Gasteiger partial charge in [0, 0.05) is 90.9 Å². The average Bonchev–Trinajstić information content (AvgIpc) is 3.97. The van der Waals surface area contributed by atoms with E-state index in [1.807, 2.05) is 121 Å². The lowest BCUT2D eigenvalue weighted by Gasteiger charge is -2.44. The van der Waals surface area contributed by atoms with Crippen LogP contribution in [0.1, 0.15) is 125 Å². The van der Waals surface area contributed by atoms with E-state index in [0.29, 0.717) is 97.7 Å². The molecule has 7 aliphatic rings. The van der Waals surface area contributed by atoms with Crippen LogP contribution in [0.2, 0.25) is 0 Å². The van der Waals surface area contributed by atoms with E-state index < -0.39 is 16.8 Å². The lowest BCUT2D eigenvalue weighted by molar-refractivity contribution is -0.133. The Morgan fingerprint density at radius 1 is 0.493 bits per heavy atom. The zero-order valence-corrected chi connectivity index (χ0v) is 45.9. The molecule has 2 aromatic rings. The summed E-state index contributed by atoms with van der Waals surface area (Å²) < 4.78 is 16.0. The highest BCUT2D eigenvalue weighted by Gasteiger charge is 2.48. The number of rotatable bonds is 4. The number of piperidine rings is 4.